The van der Waals surface area contributed by atoms with Crippen molar-refractivity contribution >= 4 is 28.9 Å². The Morgan fingerprint density at radius 3 is 2.06 bits per heavy atom. The molecule has 174 valence electrons. The van der Waals surface area contributed by atoms with E-state index < -0.39 is 0 Å². The predicted molar refractivity (Wildman–Crippen MR) is 136 cm³/mol. The van der Waals surface area contributed by atoms with Gasteiger partial charge in [-0.1, -0.05) is 50.6 Å². The van der Waals surface area contributed by atoms with E-state index in [0.717, 1.165) is 57.4 Å². The molecule has 2 aliphatic heterocycles. The van der Waals surface area contributed by atoms with E-state index >= 15 is 0 Å². The van der Waals surface area contributed by atoms with Crippen LogP contribution in [0.15, 0.2) is 48.5 Å². The Labute approximate surface area is 198 Å². The molecule has 0 bridgehead atoms. The first-order chi connectivity index (χ1) is 15.3. The van der Waals surface area contributed by atoms with Gasteiger partial charge in [-0.15, -0.1) is 0 Å². The lowest BCUT2D eigenvalue weighted by Crippen LogP contribution is -2.51. The van der Waals surface area contributed by atoms with Gasteiger partial charge >= 0.3 is 0 Å². The summed E-state index contributed by atoms with van der Waals surface area (Å²) in [4.78, 5) is 19.0. The second kappa shape index (κ2) is 11.1. The van der Waals surface area contributed by atoms with Crippen LogP contribution in [0.25, 0.3) is 0 Å². The van der Waals surface area contributed by atoms with Crippen molar-refractivity contribution in [3.63, 3.8) is 0 Å². The summed E-state index contributed by atoms with van der Waals surface area (Å²) in [6.07, 6.45) is 0. The molecule has 32 heavy (non-hydrogen) atoms. The number of anilines is 2. The minimum absolute atomic E-state index is 0.241. The first-order valence-electron chi connectivity index (χ1n) is 11.6. The standard InChI is InChI=1S/C16H23ClN2O.C10H14N2/c1-12-11-13(17)5-6-14(12)18-7-9-19(10-8-18)15(20)16(2,3)4;1-2-4-10(5-3-1)12-8-6-11-7-9-12/h5-6,11H,7-10H2,1-4H3;1-5,11H,6-9H2. The molecule has 0 saturated carbocycles. The van der Waals surface area contributed by atoms with Gasteiger partial charge in [0, 0.05) is 74.2 Å². The third kappa shape index (κ3) is 6.63. The molecule has 0 atom stereocenters. The first-order valence-corrected chi connectivity index (χ1v) is 11.9. The minimum Gasteiger partial charge on any atom is -0.369 e. The van der Waals surface area contributed by atoms with E-state index in [1.54, 1.807) is 0 Å². The van der Waals surface area contributed by atoms with Gasteiger partial charge in [0.2, 0.25) is 5.91 Å². The van der Waals surface area contributed by atoms with Crippen molar-refractivity contribution in [3.8, 4) is 0 Å². The van der Waals surface area contributed by atoms with Crippen molar-refractivity contribution in [1.82, 2.24) is 10.2 Å². The molecule has 2 aromatic rings. The topological polar surface area (TPSA) is 38.8 Å². The van der Waals surface area contributed by atoms with Crippen LogP contribution < -0.4 is 15.1 Å². The summed E-state index contributed by atoms with van der Waals surface area (Å²) in [5, 5.41) is 4.11. The van der Waals surface area contributed by atoms with Crippen LogP contribution in [0.3, 0.4) is 0 Å². The number of halogens is 1. The van der Waals surface area contributed by atoms with Gasteiger partial charge in [0.05, 0.1) is 0 Å². The van der Waals surface area contributed by atoms with Gasteiger partial charge in [0.15, 0.2) is 0 Å². The normalized spacial score (nSPS) is 17.0. The van der Waals surface area contributed by atoms with Crippen LogP contribution in [-0.4, -0.2) is 63.2 Å². The Morgan fingerprint density at radius 1 is 0.875 bits per heavy atom. The van der Waals surface area contributed by atoms with Crippen molar-refractivity contribution in [2.45, 2.75) is 27.7 Å². The minimum atomic E-state index is -0.293. The molecule has 2 heterocycles. The summed E-state index contributed by atoms with van der Waals surface area (Å²) in [6.45, 7) is 15.8. The summed E-state index contributed by atoms with van der Waals surface area (Å²) >= 11 is 6.00. The van der Waals surface area contributed by atoms with Crippen molar-refractivity contribution in [2.75, 3.05) is 62.2 Å². The fraction of sp³-hybridized carbons (Fsp3) is 0.500. The van der Waals surface area contributed by atoms with Gasteiger partial charge < -0.3 is 20.0 Å². The lowest BCUT2D eigenvalue weighted by Gasteiger charge is -2.39. The van der Waals surface area contributed by atoms with Gasteiger partial charge in [0.1, 0.15) is 0 Å². The van der Waals surface area contributed by atoms with E-state index in [4.69, 9.17) is 11.6 Å². The fourth-order valence-corrected chi connectivity index (χ4v) is 4.39. The van der Waals surface area contributed by atoms with Gasteiger partial charge in [0.25, 0.3) is 0 Å². The molecule has 2 aliphatic rings. The van der Waals surface area contributed by atoms with Crippen LogP contribution >= 0.6 is 11.6 Å². The highest BCUT2D eigenvalue weighted by Gasteiger charge is 2.29. The van der Waals surface area contributed by atoms with Crippen LogP contribution in [0.5, 0.6) is 0 Å². The molecule has 6 heteroatoms. The Bertz CT molecular complexity index is 867. The van der Waals surface area contributed by atoms with E-state index in [1.165, 1.54) is 16.9 Å². The number of amides is 1. The fourth-order valence-electron chi connectivity index (χ4n) is 4.16. The maximum Gasteiger partial charge on any atom is 0.228 e. The molecule has 1 N–H and O–H groups in total. The number of piperazine rings is 2. The number of nitrogens with one attached hydrogen (secondary N) is 1. The third-order valence-electron chi connectivity index (χ3n) is 5.95. The molecule has 2 saturated heterocycles. The van der Waals surface area contributed by atoms with Crippen molar-refractivity contribution < 1.29 is 4.79 Å². The Hall–Kier alpha value is -2.24. The van der Waals surface area contributed by atoms with Gasteiger partial charge in [-0.25, -0.2) is 0 Å². The highest BCUT2D eigenvalue weighted by molar-refractivity contribution is 6.30. The molecule has 1 amide bonds. The molecule has 0 aromatic heterocycles. The zero-order valence-corrected chi connectivity index (χ0v) is 20.7. The molecule has 5 nitrogen and oxygen atoms in total. The molecule has 0 unspecified atom stereocenters. The monoisotopic (exact) mass is 456 g/mol. The number of carbonyl (C=O) groups is 1. The van der Waals surface area contributed by atoms with Crippen LogP contribution in [0.4, 0.5) is 11.4 Å². The molecule has 4 rings (SSSR count). The van der Waals surface area contributed by atoms with Gasteiger partial charge in [-0.2, -0.15) is 0 Å². The van der Waals surface area contributed by atoms with Crippen LogP contribution in [0.1, 0.15) is 26.3 Å². The highest BCUT2D eigenvalue weighted by atomic mass is 35.5. The average Bonchev–Trinajstić information content (AvgIpc) is 2.80. The molecular weight excluding hydrogens is 420 g/mol. The number of nitrogens with zero attached hydrogens (tertiary/aromatic N) is 3. The Balaban J connectivity index is 0.000000204. The zero-order valence-electron chi connectivity index (χ0n) is 19.9. The van der Waals surface area contributed by atoms with Crippen molar-refractivity contribution in [2.24, 2.45) is 5.41 Å². The molecule has 2 fully saturated rings. The summed E-state index contributed by atoms with van der Waals surface area (Å²) in [6, 6.07) is 16.6. The van der Waals surface area contributed by atoms with Gasteiger partial charge in [-0.05, 0) is 42.8 Å². The van der Waals surface area contributed by atoms with E-state index in [2.05, 4.69) is 58.4 Å². The predicted octanol–water partition coefficient (Wildman–Crippen LogP) is 4.44. The van der Waals surface area contributed by atoms with Crippen LogP contribution in [-0.2, 0) is 4.79 Å². The second-order valence-electron chi connectivity index (χ2n) is 9.53. The van der Waals surface area contributed by atoms with Crippen LogP contribution in [0.2, 0.25) is 5.02 Å². The Morgan fingerprint density at radius 2 is 1.50 bits per heavy atom. The number of carbonyl (C=O) groups excluding carboxylic acids is 1. The summed E-state index contributed by atoms with van der Waals surface area (Å²) in [5.41, 5.74) is 3.46. The summed E-state index contributed by atoms with van der Waals surface area (Å²) in [5.74, 6) is 0.241. The number of aryl methyl sites for hydroxylation is 1. The van der Waals surface area contributed by atoms with Crippen molar-refractivity contribution in [3.05, 3.63) is 59.1 Å². The number of rotatable bonds is 2. The molecule has 0 aliphatic carbocycles. The molecular formula is C26H37ClN4O. The third-order valence-corrected chi connectivity index (χ3v) is 6.18. The van der Waals surface area contributed by atoms with Crippen LogP contribution in [0, 0.1) is 12.3 Å². The zero-order chi connectivity index (χ0) is 23.1. The molecule has 0 spiro atoms. The number of hydrogen-bond donors (Lipinski definition) is 1. The van der Waals surface area contributed by atoms with E-state index in [1.807, 2.05) is 37.8 Å². The molecule has 0 radical (unpaired) electrons. The van der Waals surface area contributed by atoms with Crippen molar-refractivity contribution in [1.29, 1.82) is 0 Å². The SMILES string of the molecule is Cc1cc(Cl)ccc1N1CCN(C(=O)C(C)(C)C)CC1.c1ccc(N2CCNCC2)cc1. The number of hydrogen-bond acceptors (Lipinski definition) is 4. The first kappa shape index (κ1) is 24.4. The summed E-state index contributed by atoms with van der Waals surface area (Å²) in [7, 11) is 0. The largest absolute Gasteiger partial charge is 0.369 e. The van der Waals surface area contributed by atoms with E-state index in [-0.39, 0.29) is 11.3 Å². The maximum atomic E-state index is 12.3. The maximum absolute atomic E-state index is 12.3. The number of para-hydroxylation sites is 1. The lowest BCUT2D eigenvalue weighted by molar-refractivity contribution is -0.139. The highest BCUT2D eigenvalue weighted by Crippen LogP contribution is 2.26. The lowest BCUT2D eigenvalue weighted by atomic mass is 9.94. The smallest absolute Gasteiger partial charge is 0.228 e. The van der Waals surface area contributed by atoms with E-state index in [0.29, 0.717) is 0 Å². The van der Waals surface area contributed by atoms with E-state index in [9.17, 15) is 4.79 Å². The average molecular weight is 457 g/mol. The number of benzene rings is 2. The quantitative estimate of drug-likeness (QED) is 0.725. The Kier molecular flexibility index (Phi) is 8.44. The second-order valence-corrected chi connectivity index (χ2v) is 9.97. The van der Waals surface area contributed by atoms with Gasteiger partial charge in [-0.3, -0.25) is 4.79 Å². The molecule has 2 aromatic carbocycles. The summed E-state index contributed by atoms with van der Waals surface area (Å²) < 4.78 is 0.